The SMILES string of the molecule is [N-]=[N+]=NCc1ccc(C(=O)NCCCO)s1. The number of rotatable bonds is 6. The summed E-state index contributed by atoms with van der Waals surface area (Å²) in [4.78, 5) is 15.6. The predicted octanol–water partition coefficient (Wildman–Crippen LogP) is 1.67. The topological polar surface area (TPSA) is 98.1 Å². The average molecular weight is 240 g/mol. The first kappa shape index (κ1) is 12.5. The van der Waals surface area contributed by atoms with Gasteiger partial charge in [-0.15, -0.1) is 11.3 Å². The minimum atomic E-state index is -0.161. The van der Waals surface area contributed by atoms with Gasteiger partial charge in [0.15, 0.2) is 0 Å². The minimum absolute atomic E-state index is 0.0624. The van der Waals surface area contributed by atoms with Gasteiger partial charge in [-0.3, -0.25) is 4.79 Å². The van der Waals surface area contributed by atoms with Crippen LogP contribution in [0.15, 0.2) is 17.2 Å². The lowest BCUT2D eigenvalue weighted by atomic mass is 10.4. The second-order valence-corrected chi connectivity index (χ2v) is 4.16. The normalized spacial score (nSPS) is 9.56. The monoisotopic (exact) mass is 240 g/mol. The predicted molar refractivity (Wildman–Crippen MR) is 61.2 cm³/mol. The molecule has 0 radical (unpaired) electrons. The highest BCUT2D eigenvalue weighted by atomic mass is 32.1. The fraction of sp³-hybridized carbons (Fsp3) is 0.444. The van der Waals surface area contributed by atoms with Crippen LogP contribution in [0.1, 0.15) is 21.0 Å². The Morgan fingerprint density at radius 1 is 1.62 bits per heavy atom. The maximum absolute atomic E-state index is 11.5. The lowest BCUT2D eigenvalue weighted by Crippen LogP contribution is -2.24. The highest BCUT2D eigenvalue weighted by molar-refractivity contribution is 7.14. The van der Waals surface area contributed by atoms with Crippen molar-refractivity contribution in [3.8, 4) is 0 Å². The van der Waals surface area contributed by atoms with Gasteiger partial charge in [0.25, 0.3) is 5.91 Å². The van der Waals surface area contributed by atoms with Crippen molar-refractivity contribution in [1.82, 2.24) is 5.32 Å². The maximum Gasteiger partial charge on any atom is 0.261 e. The average Bonchev–Trinajstić information content (AvgIpc) is 2.75. The molecular weight excluding hydrogens is 228 g/mol. The fourth-order valence-electron chi connectivity index (χ4n) is 1.05. The van der Waals surface area contributed by atoms with Crippen LogP contribution in [0.5, 0.6) is 0 Å². The molecule has 86 valence electrons. The first-order valence-electron chi connectivity index (χ1n) is 4.76. The van der Waals surface area contributed by atoms with E-state index in [9.17, 15) is 4.79 Å². The first-order valence-corrected chi connectivity index (χ1v) is 5.58. The molecule has 0 saturated heterocycles. The lowest BCUT2D eigenvalue weighted by Gasteiger charge is -2.00. The minimum Gasteiger partial charge on any atom is -0.396 e. The summed E-state index contributed by atoms with van der Waals surface area (Å²) in [5.41, 5.74) is 8.15. The number of carbonyl (C=O) groups excluding carboxylic acids is 1. The molecule has 6 nitrogen and oxygen atoms in total. The molecule has 0 aliphatic rings. The molecule has 16 heavy (non-hydrogen) atoms. The van der Waals surface area contributed by atoms with E-state index in [0.29, 0.717) is 17.8 Å². The van der Waals surface area contributed by atoms with Crippen molar-refractivity contribution < 1.29 is 9.90 Å². The summed E-state index contributed by atoms with van der Waals surface area (Å²) in [7, 11) is 0. The molecule has 7 heteroatoms. The zero-order valence-corrected chi connectivity index (χ0v) is 9.40. The number of carbonyl (C=O) groups is 1. The number of nitrogens with one attached hydrogen (secondary N) is 1. The third kappa shape index (κ3) is 3.90. The van der Waals surface area contributed by atoms with Crippen molar-refractivity contribution >= 4 is 17.2 Å². The van der Waals surface area contributed by atoms with Crippen LogP contribution < -0.4 is 5.32 Å². The van der Waals surface area contributed by atoms with Gasteiger partial charge in [-0.05, 0) is 24.1 Å². The van der Waals surface area contributed by atoms with Crippen LogP contribution in [-0.4, -0.2) is 24.2 Å². The fourth-order valence-corrected chi connectivity index (χ4v) is 1.90. The molecule has 2 N–H and O–H groups in total. The van der Waals surface area contributed by atoms with E-state index in [1.807, 2.05) is 0 Å². The first-order chi connectivity index (χ1) is 7.77. The Hall–Kier alpha value is -1.56. The molecule has 1 heterocycles. The van der Waals surface area contributed by atoms with E-state index in [1.54, 1.807) is 12.1 Å². The van der Waals surface area contributed by atoms with Crippen LogP contribution in [0.25, 0.3) is 10.4 Å². The molecule has 0 aliphatic heterocycles. The largest absolute Gasteiger partial charge is 0.396 e. The van der Waals surface area contributed by atoms with Crippen molar-refractivity contribution in [1.29, 1.82) is 0 Å². The highest BCUT2D eigenvalue weighted by Crippen LogP contribution is 2.17. The number of aliphatic hydroxyl groups is 1. The molecule has 1 aromatic heterocycles. The van der Waals surface area contributed by atoms with Gasteiger partial charge in [-0.2, -0.15) is 0 Å². The Labute approximate surface area is 96.5 Å². The second-order valence-electron chi connectivity index (χ2n) is 2.99. The molecule has 0 fully saturated rings. The van der Waals surface area contributed by atoms with Crippen molar-refractivity contribution in [2.24, 2.45) is 5.11 Å². The van der Waals surface area contributed by atoms with E-state index in [1.165, 1.54) is 11.3 Å². The van der Waals surface area contributed by atoms with Gasteiger partial charge in [-0.1, -0.05) is 5.11 Å². The van der Waals surface area contributed by atoms with Gasteiger partial charge in [0.2, 0.25) is 0 Å². The van der Waals surface area contributed by atoms with E-state index in [4.69, 9.17) is 10.6 Å². The highest BCUT2D eigenvalue weighted by Gasteiger charge is 2.07. The smallest absolute Gasteiger partial charge is 0.261 e. The number of nitrogens with zero attached hydrogens (tertiary/aromatic N) is 3. The van der Waals surface area contributed by atoms with Gasteiger partial charge >= 0.3 is 0 Å². The Balaban J connectivity index is 2.49. The summed E-state index contributed by atoms with van der Waals surface area (Å²) < 4.78 is 0. The van der Waals surface area contributed by atoms with Crippen molar-refractivity contribution in [2.75, 3.05) is 13.2 Å². The standard InChI is InChI=1S/C9H12N4O2S/c10-13-12-6-7-2-3-8(16-7)9(15)11-4-1-5-14/h2-3,14H,1,4-6H2,(H,11,15). The summed E-state index contributed by atoms with van der Waals surface area (Å²) in [5.74, 6) is -0.161. The van der Waals surface area contributed by atoms with E-state index >= 15 is 0 Å². The number of azide groups is 1. The summed E-state index contributed by atoms with van der Waals surface area (Å²) in [6, 6.07) is 3.46. The zero-order valence-electron chi connectivity index (χ0n) is 8.59. The number of thiophene rings is 1. The van der Waals surface area contributed by atoms with Gasteiger partial charge in [0.1, 0.15) is 0 Å². The number of aliphatic hydroxyl groups excluding tert-OH is 1. The van der Waals surface area contributed by atoms with E-state index in [-0.39, 0.29) is 19.1 Å². The van der Waals surface area contributed by atoms with Crippen LogP contribution in [0.4, 0.5) is 0 Å². The molecule has 0 atom stereocenters. The zero-order chi connectivity index (χ0) is 11.8. The Morgan fingerprint density at radius 3 is 3.12 bits per heavy atom. The van der Waals surface area contributed by atoms with E-state index in [2.05, 4.69) is 15.3 Å². The van der Waals surface area contributed by atoms with Crippen molar-refractivity contribution in [3.05, 3.63) is 32.3 Å². The quantitative estimate of drug-likeness (QED) is 0.342. The Morgan fingerprint density at radius 2 is 2.44 bits per heavy atom. The van der Waals surface area contributed by atoms with Gasteiger partial charge in [0, 0.05) is 22.9 Å². The van der Waals surface area contributed by atoms with Gasteiger partial charge in [0.05, 0.1) is 11.4 Å². The number of hydrogen-bond donors (Lipinski definition) is 2. The molecule has 1 amide bonds. The molecule has 1 aromatic rings. The molecule has 0 saturated carbocycles. The van der Waals surface area contributed by atoms with Crippen molar-refractivity contribution in [2.45, 2.75) is 13.0 Å². The summed E-state index contributed by atoms with van der Waals surface area (Å²) in [5, 5.41) is 14.6. The molecule has 0 spiro atoms. The molecule has 0 aromatic carbocycles. The van der Waals surface area contributed by atoms with Crippen molar-refractivity contribution in [3.63, 3.8) is 0 Å². The lowest BCUT2D eigenvalue weighted by molar-refractivity contribution is 0.0955. The van der Waals surface area contributed by atoms with E-state index < -0.39 is 0 Å². The molecule has 0 unspecified atom stereocenters. The van der Waals surface area contributed by atoms with E-state index in [0.717, 1.165) is 4.88 Å². The van der Waals surface area contributed by atoms with Crippen LogP contribution >= 0.6 is 11.3 Å². The summed E-state index contributed by atoms with van der Waals surface area (Å²) in [6.07, 6.45) is 0.544. The maximum atomic E-state index is 11.5. The second kappa shape index (κ2) is 6.84. The Bertz CT molecular complexity index is 398. The van der Waals surface area contributed by atoms with Gasteiger partial charge < -0.3 is 10.4 Å². The molecule has 1 rings (SSSR count). The molecule has 0 bridgehead atoms. The Kier molecular flexibility index (Phi) is 5.35. The summed E-state index contributed by atoms with van der Waals surface area (Å²) >= 11 is 1.30. The van der Waals surface area contributed by atoms with Crippen LogP contribution in [0, 0.1) is 0 Å². The third-order valence-corrected chi connectivity index (χ3v) is 2.86. The molecule has 0 aliphatic carbocycles. The van der Waals surface area contributed by atoms with Crippen LogP contribution in [-0.2, 0) is 6.54 Å². The number of amides is 1. The molecular formula is C9H12N4O2S. The van der Waals surface area contributed by atoms with Crippen LogP contribution in [0.2, 0.25) is 0 Å². The van der Waals surface area contributed by atoms with Gasteiger partial charge in [-0.25, -0.2) is 0 Å². The third-order valence-electron chi connectivity index (χ3n) is 1.80. The van der Waals surface area contributed by atoms with Crippen LogP contribution in [0.3, 0.4) is 0 Å². The summed E-state index contributed by atoms with van der Waals surface area (Å²) in [6.45, 7) is 0.789. The number of hydrogen-bond acceptors (Lipinski definition) is 4.